The molecule has 76 valence electrons. The minimum absolute atomic E-state index is 0.00984. The van der Waals surface area contributed by atoms with Gasteiger partial charge in [0.25, 0.3) is 0 Å². The van der Waals surface area contributed by atoms with E-state index in [9.17, 15) is 10.2 Å². The number of aliphatic hydroxyl groups excluding tert-OH is 2. The van der Waals surface area contributed by atoms with E-state index in [1.807, 2.05) is 0 Å². The normalized spacial score (nSPS) is 51.5. The number of aliphatic hydroxyl groups is 2. The van der Waals surface area contributed by atoms with E-state index in [4.69, 9.17) is 0 Å². The van der Waals surface area contributed by atoms with Crippen LogP contribution < -0.4 is 0 Å². The fourth-order valence-electron chi connectivity index (χ4n) is 3.31. The van der Waals surface area contributed by atoms with E-state index in [-0.39, 0.29) is 17.6 Å². The molecule has 2 rings (SSSR count). The minimum atomic E-state index is -0.179. The van der Waals surface area contributed by atoms with Crippen LogP contribution in [-0.4, -0.2) is 22.4 Å². The van der Waals surface area contributed by atoms with Gasteiger partial charge in [-0.05, 0) is 37.0 Å². The van der Waals surface area contributed by atoms with Crippen molar-refractivity contribution in [2.24, 2.45) is 11.3 Å². The lowest BCUT2D eigenvalue weighted by atomic mass is 9.58. The highest BCUT2D eigenvalue weighted by Gasteiger charge is 2.47. The largest absolute Gasteiger partial charge is 0.393 e. The number of hydrogen-bond acceptors (Lipinski definition) is 2. The van der Waals surface area contributed by atoms with Crippen LogP contribution in [0.5, 0.6) is 0 Å². The van der Waals surface area contributed by atoms with Gasteiger partial charge in [-0.1, -0.05) is 19.8 Å². The van der Waals surface area contributed by atoms with Gasteiger partial charge in [0.1, 0.15) is 0 Å². The van der Waals surface area contributed by atoms with Crippen LogP contribution >= 0.6 is 0 Å². The highest BCUT2D eigenvalue weighted by Crippen LogP contribution is 2.50. The Hall–Kier alpha value is -0.0800. The lowest BCUT2D eigenvalue weighted by Gasteiger charge is -2.50. The molecule has 2 saturated carbocycles. The molecular weight excluding hydrogens is 164 g/mol. The summed E-state index contributed by atoms with van der Waals surface area (Å²) in [7, 11) is 0. The van der Waals surface area contributed by atoms with Gasteiger partial charge in [-0.3, -0.25) is 0 Å². The van der Waals surface area contributed by atoms with Crippen LogP contribution in [0.3, 0.4) is 0 Å². The summed E-state index contributed by atoms with van der Waals surface area (Å²) in [6.45, 7) is 2.16. The molecule has 0 spiro atoms. The Morgan fingerprint density at radius 1 is 1.08 bits per heavy atom. The molecule has 2 fully saturated rings. The van der Waals surface area contributed by atoms with Crippen molar-refractivity contribution in [2.75, 3.05) is 0 Å². The highest BCUT2D eigenvalue weighted by molar-refractivity contribution is 4.98. The van der Waals surface area contributed by atoms with Crippen molar-refractivity contribution >= 4 is 0 Å². The third kappa shape index (κ3) is 1.40. The van der Waals surface area contributed by atoms with Crippen molar-refractivity contribution in [3.63, 3.8) is 0 Å². The average molecular weight is 184 g/mol. The lowest BCUT2D eigenvalue weighted by molar-refractivity contribution is -0.114. The molecule has 2 N–H and O–H groups in total. The third-order valence-corrected chi connectivity index (χ3v) is 4.28. The topological polar surface area (TPSA) is 40.5 Å². The van der Waals surface area contributed by atoms with Crippen LogP contribution in [0, 0.1) is 11.3 Å². The first-order chi connectivity index (χ1) is 6.14. The molecule has 2 nitrogen and oxygen atoms in total. The predicted octanol–water partition coefficient (Wildman–Crippen LogP) is 1.70. The van der Waals surface area contributed by atoms with Gasteiger partial charge < -0.3 is 10.2 Å². The van der Waals surface area contributed by atoms with Gasteiger partial charge in [-0.2, -0.15) is 0 Å². The molecule has 0 aromatic rings. The molecule has 0 radical (unpaired) electrons. The van der Waals surface area contributed by atoms with Crippen LogP contribution in [0.1, 0.15) is 45.4 Å². The van der Waals surface area contributed by atoms with Gasteiger partial charge in [0, 0.05) is 0 Å². The Kier molecular flexibility index (Phi) is 2.37. The highest BCUT2D eigenvalue weighted by atomic mass is 16.3. The summed E-state index contributed by atoms with van der Waals surface area (Å²) in [5.74, 6) is 0.352. The summed E-state index contributed by atoms with van der Waals surface area (Å²) in [5, 5.41) is 19.8. The zero-order valence-corrected chi connectivity index (χ0v) is 8.37. The molecule has 4 atom stereocenters. The first-order valence-corrected chi connectivity index (χ1v) is 5.51. The van der Waals surface area contributed by atoms with Gasteiger partial charge in [0.15, 0.2) is 0 Å². The van der Waals surface area contributed by atoms with Crippen LogP contribution in [0.4, 0.5) is 0 Å². The van der Waals surface area contributed by atoms with Crippen molar-refractivity contribution < 1.29 is 10.2 Å². The molecule has 0 aromatic heterocycles. The quantitative estimate of drug-likeness (QED) is 0.601. The van der Waals surface area contributed by atoms with E-state index >= 15 is 0 Å². The van der Waals surface area contributed by atoms with Crippen LogP contribution in [0.25, 0.3) is 0 Å². The Morgan fingerprint density at radius 2 is 1.85 bits per heavy atom. The fourth-order valence-corrected chi connectivity index (χ4v) is 3.31. The number of rotatable bonds is 0. The van der Waals surface area contributed by atoms with Crippen LogP contribution in [0.2, 0.25) is 0 Å². The Morgan fingerprint density at radius 3 is 2.54 bits per heavy atom. The molecule has 2 heteroatoms. The Balaban J connectivity index is 2.19. The lowest BCUT2D eigenvalue weighted by Crippen LogP contribution is -2.50. The molecular formula is C11H20O2. The molecule has 0 saturated heterocycles. The molecule has 2 aliphatic carbocycles. The molecule has 0 bridgehead atoms. The Bertz CT molecular complexity index is 193. The van der Waals surface area contributed by atoms with Gasteiger partial charge >= 0.3 is 0 Å². The SMILES string of the molecule is CC12CCCC(O)C1CCCC2O. The summed E-state index contributed by atoms with van der Waals surface area (Å²) in [4.78, 5) is 0. The fraction of sp³-hybridized carbons (Fsp3) is 1.00. The standard InChI is InChI=1S/C11H20O2/c1-11-7-3-5-9(12)8(11)4-2-6-10(11)13/h8-10,12-13H,2-7H2,1H3. The van der Waals surface area contributed by atoms with Crippen molar-refractivity contribution in [3.8, 4) is 0 Å². The average Bonchev–Trinajstić information content (AvgIpc) is 2.08. The molecule has 0 aliphatic heterocycles. The second-order valence-electron chi connectivity index (χ2n) is 5.02. The zero-order chi connectivity index (χ0) is 9.47. The molecule has 0 amide bonds. The van der Waals surface area contributed by atoms with E-state index in [1.54, 1.807) is 0 Å². The second kappa shape index (κ2) is 3.25. The third-order valence-electron chi connectivity index (χ3n) is 4.28. The number of fused-ring (bicyclic) bond motifs is 1. The Labute approximate surface area is 80.0 Å². The van der Waals surface area contributed by atoms with Gasteiger partial charge in [-0.25, -0.2) is 0 Å². The first kappa shape index (κ1) is 9.47. The zero-order valence-electron chi connectivity index (χ0n) is 8.37. The summed E-state index contributed by atoms with van der Waals surface area (Å²) in [6, 6.07) is 0. The van der Waals surface area contributed by atoms with Gasteiger partial charge in [0.2, 0.25) is 0 Å². The molecule has 0 heterocycles. The van der Waals surface area contributed by atoms with Crippen molar-refractivity contribution in [1.29, 1.82) is 0 Å². The van der Waals surface area contributed by atoms with Crippen LogP contribution in [-0.2, 0) is 0 Å². The molecule has 0 aromatic carbocycles. The first-order valence-electron chi connectivity index (χ1n) is 5.51. The predicted molar refractivity (Wildman–Crippen MR) is 51.3 cm³/mol. The number of hydrogen-bond donors (Lipinski definition) is 2. The maximum Gasteiger partial charge on any atom is 0.0597 e. The van der Waals surface area contributed by atoms with Gasteiger partial charge in [-0.15, -0.1) is 0 Å². The van der Waals surface area contributed by atoms with E-state index in [1.165, 1.54) is 0 Å². The van der Waals surface area contributed by atoms with Crippen molar-refractivity contribution in [1.82, 2.24) is 0 Å². The minimum Gasteiger partial charge on any atom is -0.393 e. The summed E-state index contributed by atoms with van der Waals surface area (Å²) >= 11 is 0. The summed E-state index contributed by atoms with van der Waals surface area (Å²) < 4.78 is 0. The monoisotopic (exact) mass is 184 g/mol. The maximum atomic E-state index is 9.97. The molecule has 2 aliphatic rings. The maximum absolute atomic E-state index is 9.97. The van der Waals surface area contributed by atoms with E-state index in [0.717, 1.165) is 38.5 Å². The summed E-state index contributed by atoms with van der Waals surface area (Å²) in [6.07, 6.45) is 5.89. The van der Waals surface area contributed by atoms with E-state index in [0.29, 0.717) is 5.92 Å². The molecule has 4 unspecified atom stereocenters. The van der Waals surface area contributed by atoms with Gasteiger partial charge in [0.05, 0.1) is 12.2 Å². The van der Waals surface area contributed by atoms with Crippen LogP contribution in [0.15, 0.2) is 0 Å². The second-order valence-corrected chi connectivity index (χ2v) is 5.02. The van der Waals surface area contributed by atoms with Crippen molar-refractivity contribution in [3.05, 3.63) is 0 Å². The molecule has 13 heavy (non-hydrogen) atoms. The van der Waals surface area contributed by atoms with E-state index < -0.39 is 0 Å². The van der Waals surface area contributed by atoms with E-state index in [2.05, 4.69) is 6.92 Å². The smallest absolute Gasteiger partial charge is 0.0597 e. The van der Waals surface area contributed by atoms with Crippen molar-refractivity contribution in [2.45, 2.75) is 57.7 Å². The summed E-state index contributed by atoms with van der Waals surface area (Å²) in [5.41, 5.74) is 0.00984.